The van der Waals surface area contributed by atoms with Gasteiger partial charge in [0.05, 0.1) is 6.54 Å². The highest BCUT2D eigenvalue weighted by atomic mass is 16.5. The molecule has 0 radical (unpaired) electrons. The number of nitrogens with one attached hydrogen (secondary N) is 1. The Balaban J connectivity index is 2.01. The van der Waals surface area contributed by atoms with Gasteiger partial charge in [-0.05, 0) is 48.6 Å². The van der Waals surface area contributed by atoms with Crippen molar-refractivity contribution in [3.8, 4) is 18.1 Å². The van der Waals surface area contributed by atoms with E-state index in [0.717, 1.165) is 24.2 Å². The van der Waals surface area contributed by atoms with Crippen LogP contribution < -0.4 is 10.1 Å². The Morgan fingerprint density at radius 2 is 2.41 bits per heavy atom. The predicted octanol–water partition coefficient (Wildman–Crippen LogP) is 3.96. The van der Waals surface area contributed by atoms with Gasteiger partial charge in [-0.3, -0.25) is 5.32 Å². The summed E-state index contributed by atoms with van der Waals surface area (Å²) in [5, 5.41) is 3.38. The lowest BCUT2D eigenvalue weighted by atomic mass is 10.1. The molecule has 0 spiro atoms. The van der Waals surface area contributed by atoms with Crippen LogP contribution in [-0.2, 0) is 6.42 Å². The van der Waals surface area contributed by atoms with Gasteiger partial charge in [0.2, 0.25) is 0 Å². The van der Waals surface area contributed by atoms with Crippen LogP contribution in [-0.4, -0.2) is 13.2 Å². The molecular weight excluding hydrogens is 270 g/mol. The van der Waals surface area contributed by atoms with E-state index in [1.807, 2.05) is 37.3 Å². The van der Waals surface area contributed by atoms with Crippen LogP contribution >= 0.6 is 0 Å². The van der Waals surface area contributed by atoms with E-state index in [-0.39, 0.29) is 0 Å². The smallest absolute Gasteiger partial charge is 0.120 e. The van der Waals surface area contributed by atoms with E-state index in [2.05, 4.69) is 29.9 Å². The van der Waals surface area contributed by atoms with Gasteiger partial charge in [0, 0.05) is 6.04 Å². The second kappa shape index (κ2) is 8.26. The van der Waals surface area contributed by atoms with Crippen molar-refractivity contribution in [1.29, 1.82) is 0 Å². The first-order valence-corrected chi connectivity index (χ1v) is 7.65. The summed E-state index contributed by atoms with van der Waals surface area (Å²) in [6.45, 7) is 6.95. The summed E-state index contributed by atoms with van der Waals surface area (Å²) in [4.78, 5) is 0. The van der Waals surface area contributed by atoms with Gasteiger partial charge >= 0.3 is 0 Å². The van der Waals surface area contributed by atoms with Crippen molar-refractivity contribution in [1.82, 2.24) is 5.32 Å². The zero-order valence-electron chi connectivity index (χ0n) is 13.1. The summed E-state index contributed by atoms with van der Waals surface area (Å²) in [6, 6.07) is 6.70. The van der Waals surface area contributed by atoms with E-state index >= 15 is 0 Å². The van der Waals surface area contributed by atoms with Crippen LogP contribution in [0.4, 0.5) is 0 Å². The van der Waals surface area contributed by atoms with Crippen molar-refractivity contribution >= 4 is 0 Å². The average Bonchev–Trinajstić information content (AvgIpc) is 2.95. The molecule has 0 aromatic heterocycles. The summed E-state index contributed by atoms with van der Waals surface area (Å²) in [6.07, 6.45) is 15.3. The van der Waals surface area contributed by atoms with Gasteiger partial charge in [-0.25, -0.2) is 0 Å². The maximum Gasteiger partial charge on any atom is 0.120 e. The Bertz CT molecular complexity index is 619. The first-order chi connectivity index (χ1) is 10.8. The molecule has 1 unspecified atom stereocenters. The summed E-state index contributed by atoms with van der Waals surface area (Å²) in [7, 11) is 0. The quantitative estimate of drug-likeness (QED) is 0.607. The number of rotatable bonds is 7. The highest BCUT2D eigenvalue weighted by Crippen LogP contribution is 2.33. The molecule has 1 aliphatic carbocycles. The molecule has 114 valence electrons. The van der Waals surface area contributed by atoms with Crippen molar-refractivity contribution in [3.63, 3.8) is 0 Å². The molecule has 1 atom stereocenters. The van der Waals surface area contributed by atoms with E-state index in [1.165, 1.54) is 11.1 Å². The number of aryl methyl sites for hydroxylation is 1. The highest BCUT2D eigenvalue weighted by Gasteiger charge is 2.21. The van der Waals surface area contributed by atoms with Gasteiger partial charge in [-0.15, -0.1) is 6.42 Å². The number of allylic oxidation sites excluding steroid dienone is 3. The molecule has 2 heteroatoms. The molecule has 2 rings (SSSR count). The molecule has 0 amide bonds. The van der Waals surface area contributed by atoms with Gasteiger partial charge < -0.3 is 4.74 Å². The molecule has 0 fully saturated rings. The number of ether oxygens (including phenoxy) is 1. The van der Waals surface area contributed by atoms with Crippen LogP contribution in [0.5, 0.6) is 5.75 Å². The molecule has 2 nitrogen and oxygen atoms in total. The summed E-state index contributed by atoms with van der Waals surface area (Å²) in [5.41, 5.74) is 3.76. The molecule has 22 heavy (non-hydrogen) atoms. The predicted molar refractivity (Wildman–Crippen MR) is 92.9 cm³/mol. The lowest BCUT2D eigenvalue weighted by Crippen LogP contribution is -2.19. The molecule has 0 bridgehead atoms. The lowest BCUT2D eigenvalue weighted by molar-refractivity contribution is 0.355. The molecular formula is C20H23NO. The van der Waals surface area contributed by atoms with Crippen molar-refractivity contribution in [2.24, 2.45) is 0 Å². The maximum absolute atomic E-state index is 5.87. The lowest BCUT2D eigenvalue weighted by Gasteiger charge is -2.13. The fourth-order valence-electron chi connectivity index (χ4n) is 2.64. The van der Waals surface area contributed by atoms with E-state index in [4.69, 9.17) is 11.2 Å². The Labute approximate surface area is 133 Å². The fourth-order valence-corrected chi connectivity index (χ4v) is 2.64. The minimum absolute atomic E-state index is 0.374. The van der Waals surface area contributed by atoms with Crippen LogP contribution in [0.1, 0.15) is 30.5 Å². The van der Waals surface area contributed by atoms with E-state index < -0.39 is 0 Å². The van der Waals surface area contributed by atoms with Crippen LogP contribution in [0.3, 0.4) is 0 Å². The third-order valence-electron chi connectivity index (χ3n) is 3.81. The molecule has 0 aliphatic heterocycles. The van der Waals surface area contributed by atoms with Crippen molar-refractivity contribution in [2.75, 3.05) is 13.2 Å². The highest BCUT2D eigenvalue weighted by molar-refractivity contribution is 5.41. The van der Waals surface area contributed by atoms with Gasteiger partial charge in [-0.1, -0.05) is 42.9 Å². The number of terminal acetylenes is 1. The summed E-state index contributed by atoms with van der Waals surface area (Å²) >= 11 is 0. The number of hydrogen-bond donors (Lipinski definition) is 1. The van der Waals surface area contributed by atoms with Crippen LogP contribution in [0.2, 0.25) is 0 Å². The Kier molecular flexibility index (Phi) is 6.06. The van der Waals surface area contributed by atoms with Gasteiger partial charge in [0.15, 0.2) is 0 Å². The summed E-state index contributed by atoms with van der Waals surface area (Å²) in [5.74, 6) is 3.54. The molecule has 1 N–H and O–H groups in total. The van der Waals surface area contributed by atoms with E-state index in [9.17, 15) is 0 Å². The molecule has 1 aromatic rings. The molecule has 0 saturated heterocycles. The molecule has 1 aromatic carbocycles. The van der Waals surface area contributed by atoms with Gasteiger partial charge in [-0.2, -0.15) is 0 Å². The topological polar surface area (TPSA) is 21.3 Å². The maximum atomic E-state index is 5.87. The largest absolute Gasteiger partial charge is 0.489 e. The third kappa shape index (κ3) is 4.13. The Morgan fingerprint density at radius 3 is 3.14 bits per heavy atom. The Morgan fingerprint density at radius 1 is 1.55 bits per heavy atom. The molecule has 1 aliphatic rings. The fraction of sp³-hybridized carbons (Fsp3) is 0.300. The minimum atomic E-state index is 0.374. The molecule has 0 saturated carbocycles. The van der Waals surface area contributed by atoms with Crippen LogP contribution in [0, 0.1) is 12.3 Å². The Hall–Kier alpha value is -2.24. The van der Waals surface area contributed by atoms with E-state index in [1.54, 1.807) is 0 Å². The third-order valence-corrected chi connectivity index (χ3v) is 3.81. The normalized spacial score (nSPS) is 17.3. The summed E-state index contributed by atoms with van der Waals surface area (Å²) < 4.78 is 5.87. The zero-order chi connectivity index (χ0) is 15.8. The minimum Gasteiger partial charge on any atom is -0.489 e. The standard InChI is InChI=1S/C20H23NO/c1-4-7-8-16(6-3)15-22-18-10-11-19-17(14-18)9-12-20(19)21-13-5-2/h2,4,6-8,10-11,14,20-21H,3,9,12-13,15H2,1H3/b7-4-,16-8+. The first kappa shape index (κ1) is 16.1. The van der Waals surface area contributed by atoms with Crippen molar-refractivity contribution < 1.29 is 4.74 Å². The van der Waals surface area contributed by atoms with Crippen LogP contribution in [0.15, 0.2) is 54.7 Å². The van der Waals surface area contributed by atoms with Crippen LogP contribution in [0.25, 0.3) is 0 Å². The van der Waals surface area contributed by atoms with Gasteiger partial charge in [0.1, 0.15) is 12.4 Å². The van der Waals surface area contributed by atoms with Crippen molar-refractivity contribution in [2.45, 2.75) is 25.8 Å². The molecule has 0 heterocycles. The van der Waals surface area contributed by atoms with E-state index in [0.29, 0.717) is 19.2 Å². The zero-order valence-corrected chi connectivity index (χ0v) is 13.1. The number of fused-ring (bicyclic) bond motifs is 1. The SMILES string of the molecule is C#CCNC1CCc2cc(OC/C(C=C)=C/C=C\C)ccc21. The monoisotopic (exact) mass is 293 g/mol. The second-order valence-corrected chi connectivity index (χ2v) is 5.30. The average molecular weight is 293 g/mol. The number of benzene rings is 1. The van der Waals surface area contributed by atoms with Crippen molar-refractivity contribution in [3.05, 3.63) is 65.8 Å². The second-order valence-electron chi connectivity index (χ2n) is 5.30. The number of hydrogen-bond acceptors (Lipinski definition) is 2. The van der Waals surface area contributed by atoms with Gasteiger partial charge in [0.25, 0.3) is 0 Å². The first-order valence-electron chi connectivity index (χ1n) is 7.65.